The Kier molecular flexibility index (Phi) is 2.85. The molecule has 0 saturated carbocycles. The van der Waals surface area contributed by atoms with Gasteiger partial charge in [0.05, 0.1) is 12.1 Å². The van der Waals surface area contributed by atoms with Crippen LogP contribution in [0.4, 0.5) is 0 Å². The molecule has 2 heteroatoms. The quantitative estimate of drug-likeness (QED) is 0.761. The summed E-state index contributed by atoms with van der Waals surface area (Å²) in [6.07, 6.45) is 1.64. The predicted molar refractivity (Wildman–Crippen MR) is 57.2 cm³/mol. The van der Waals surface area contributed by atoms with Crippen molar-refractivity contribution in [1.82, 2.24) is 5.32 Å². The molecule has 2 atom stereocenters. The fourth-order valence-electron chi connectivity index (χ4n) is 2.12. The average molecular weight is 191 g/mol. The van der Waals surface area contributed by atoms with E-state index in [-0.39, 0.29) is 12.1 Å². The molecule has 0 bridgehead atoms. The summed E-state index contributed by atoms with van der Waals surface area (Å²) < 4.78 is 0. The molecular formula is C12H17NO. The highest BCUT2D eigenvalue weighted by atomic mass is 16.3. The number of hydrogen-bond donors (Lipinski definition) is 2. The maximum atomic E-state index is 9.87. The van der Waals surface area contributed by atoms with Gasteiger partial charge in [0.1, 0.15) is 0 Å². The third kappa shape index (κ3) is 1.68. The van der Waals surface area contributed by atoms with Crippen molar-refractivity contribution in [3.63, 3.8) is 0 Å². The van der Waals surface area contributed by atoms with E-state index < -0.39 is 0 Å². The molecule has 0 aliphatic heterocycles. The molecule has 14 heavy (non-hydrogen) atoms. The van der Waals surface area contributed by atoms with Crippen LogP contribution in [0.25, 0.3) is 0 Å². The van der Waals surface area contributed by atoms with Crippen molar-refractivity contribution in [2.45, 2.75) is 31.9 Å². The van der Waals surface area contributed by atoms with E-state index in [0.717, 1.165) is 19.4 Å². The average Bonchev–Trinajstić information content (AvgIpc) is 2.51. The van der Waals surface area contributed by atoms with Gasteiger partial charge >= 0.3 is 0 Å². The highest BCUT2D eigenvalue weighted by molar-refractivity contribution is 5.36. The SMILES string of the molecule is CCCN[C@H]1c2ccccc2C[C@H]1O. The van der Waals surface area contributed by atoms with E-state index >= 15 is 0 Å². The molecule has 0 saturated heterocycles. The van der Waals surface area contributed by atoms with Crippen molar-refractivity contribution in [3.8, 4) is 0 Å². The summed E-state index contributed by atoms with van der Waals surface area (Å²) in [5, 5.41) is 13.3. The van der Waals surface area contributed by atoms with Crippen LogP contribution >= 0.6 is 0 Å². The van der Waals surface area contributed by atoms with Gasteiger partial charge in [0.15, 0.2) is 0 Å². The zero-order chi connectivity index (χ0) is 9.97. The second kappa shape index (κ2) is 4.11. The van der Waals surface area contributed by atoms with Crippen molar-refractivity contribution in [2.24, 2.45) is 0 Å². The Hall–Kier alpha value is -0.860. The topological polar surface area (TPSA) is 32.3 Å². The van der Waals surface area contributed by atoms with E-state index in [1.54, 1.807) is 0 Å². The van der Waals surface area contributed by atoms with Crippen molar-refractivity contribution in [1.29, 1.82) is 0 Å². The Bertz CT molecular complexity index is 311. The van der Waals surface area contributed by atoms with Crippen molar-refractivity contribution < 1.29 is 5.11 Å². The van der Waals surface area contributed by atoms with E-state index in [1.807, 2.05) is 12.1 Å². The first-order chi connectivity index (χ1) is 6.83. The van der Waals surface area contributed by atoms with Crippen LogP contribution in [-0.2, 0) is 6.42 Å². The molecule has 0 spiro atoms. The molecule has 2 rings (SSSR count). The summed E-state index contributed by atoms with van der Waals surface area (Å²) >= 11 is 0. The highest BCUT2D eigenvalue weighted by Gasteiger charge is 2.29. The lowest BCUT2D eigenvalue weighted by molar-refractivity contribution is 0.141. The Balaban J connectivity index is 2.17. The van der Waals surface area contributed by atoms with Gasteiger partial charge in [-0.25, -0.2) is 0 Å². The van der Waals surface area contributed by atoms with Gasteiger partial charge in [0.25, 0.3) is 0 Å². The maximum Gasteiger partial charge on any atom is 0.0775 e. The standard InChI is InChI=1S/C12H17NO/c1-2-7-13-12-10-6-4-3-5-9(10)8-11(12)14/h3-6,11-14H,2,7-8H2,1H3/t11-,12+/m1/s1. The molecule has 2 nitrogen and oxygen atoms in total. The van der Waals surface area contributed by atoms with E-state index in [9.17, 15) is 5.11 Å². The van der Waals surface area contributed by atoms with Gasteiger partial charge < -0.3 is 10.4 Å². The largest absolute Gasteiger partial charge is 0.391 e. The molecule has 1 aliphatic carbocycles. The molecule has 0 aromatic heterocycles. The van der Waals surface area contributed by atoms with Gasteiger partial charge in [-0.1, -0.05) is 31.2 Å². The second-order valence-electron chi connectivity index (χ2n) is 3.90. The van der Waals surface area contributed by atoms with Gasteiger partial charge in [0, 0.05) is 6.42 Å². The van der Waals surface area contributed by atoms with Crippen LogP contribution in [-0.4, -0.2) is 17.8 Å². The Morgan fingerprint density at radius 2 is 2.21 bits per heavy atom. The molecule has 0 unspecified atom stereocenters. The molecule has 0 fully saturated rings. The first-order valence-electron chi connectivity index (χ1n) is 5.32. The smallest absolute Gasteiger partial charge is 0.0775 e. The Morgan fingerprint density at radius 1 is 1.43 bits per heavy atom. The Morgan fingerprint density at radius 3 is 3.00 bits per heavy atom. The van der Waals surface area contributed by atoms with E-state index in [4.69, 9.17) is 0 Å². The van der Waals surface area contributed by atoms with Gasteiger partial charge in [-0.15, -0.1) is 0 Å². The van der Waals surface area contributed by atoms with Crippen LogP contribution in [0.15, 0.2) is 24.3 Å². The molecule has 0 amide bonds. The normalized spacial score (nSPS) is 25.0. The fourth-order valence-corrected chi connectivity index (χ4v) is 2.12. The van der Waals surface area contributed by atoms with E-state index in [1.165, 1.54) is 11.1 Å². The number of aliphatic hydroxyl groups excluding tert-OH is 1. The third-order valence-corrected chi connectivity index (χ3v) is 2.82. The van der Waals surface area contributed by atoms with Crippen LogP contribution < -0.4 is 5.32 Å². The third-order valence-electron chi connectivity index (χ3n) is 2.82. The molecule has 2 N–H and O–H groups in total. The van der Waals surface area contributed by atoms with Crippen LogP contribution in [0.2, 0.25) is 0 Å². The summed E-state index contributed by atoms with van der Waals surface area (Å²) in [6.45, 7) is 3.11. The molecule has 1 aliphatic rings. The number of nitrogens with one attached hydrogen (secondary N) is 1. The first kappa shape index (κ1) is 9.69. The molecule has 1 aromatic carbocycles. The summed E-state index contributed by atoms with van der Waals surface area (Å²) in [6, 6.07) is 8.43. The monoisotopic (exact) mass is 191 g/mol. The number of fused-ring (bicyclic) bond motifs is 1. The lowest BCUT2D eigenvalue weighted by Crippen LogP contribution is -2.29. The summed E-state index contributed by atoms with van der Waals surface area (Å²) in [5.74, 6) is 0. The van der Waals surface area contributed by atoms with Crippen LogP contribution in [0.1, 0.15) is 30.5 Å². The molecule has 0 radical (unpaired) electrons. The van der Waals surface area contributed by atoms with Gasteiger partial charge in [-0.3, -0.25) is 0 Å². The summed E-state index contributed by atoms with van der Waals surface area (Å²) in [7, 11) is 0. The van der Waals surface area contributed by atoms with E-state index in [0.29, 0.717) is 0 Å². The van der Waals surface area contributed by atoms with Gasteiger partial charge in [-0.05, 0) is 24.1 Å². The molecular weight excluding hydrogens is 174 g/mol. The van der Waals surface area contributed by atoms with Gasteiger partial charge in [0.2, 0.25) is 0 Å². The van der Waals surface area contributed by atoms with Crippen molar-refractivity contribution in [2.75, 3.05) is 6.54 Å². The summed E-state index contributed by atoms with van der Waals surface area (Å²) in [5.41, 5.74) is 2.56. The summed E-state index contributed by atoms with van der Waals surface area (Å²) in [4.78, 5) is 0. The highest BCUT2D eigenvalue weighted by Crippen LogP contribution is 2.30. The van der Waals surface area contributed by atoms with Gasteiger partial charge in [-0.2, -0.15) is 0 Å². The first-order valence-corrected chi connectivity index (χ1v) is 5.32. The minimum absolute atomic E-state index is 0.145. The van der Waals surface area contributed by atoms with Crippen LogP contribution in [0, 0.1) is 0 Å². The fraction of sp³-hybridized carbons (Fsp3) is 0.500. The number of hydrogen-bond acceptors (Lipinski definition) is 2. The van der Waals surface area contributed by atoms with Crippen LogP contribution in [0.3, 0.4) is 0 Å². The zero-order valence-corrected chi connectivity index (χ0v) is 8.53. The van der Waals surface area contributed by atoms with Crippen molar-refractivity contribution >= 4 is 0 Å². The lowest BCUT2D eigenvalue weighted by Gasteiger charge is -2.17. The van der Waals surface area contributed by atoms with E-state index in [2.05, 4.69) is 24.4 Å². The van der Waals surface area contributed by atoms with Crippen molar-refractivity contribution in [3.05, 3.63) is 35.4 Å². The molecule has 76 valence electrons. The maximum absolute atomic E-state index is 9.87. The minimum Gasteiger partial charge on any atom is -0.391 e. The Labute approximate surface area is 85.0 Å². The van der Waals surface area contributed by atoms with Crippen LogP contribution in [0.5, 0.6) is 0 Å². The lowest BCUT2D eigenvalue weighted by atomic mass is 10.1. The molecule has 0 heterocycles. The second-order valence-corrected chi connectivity index (χ2v) is 3.90. The number of aliphatic hydroxyl groups is 1. The number of benzene rings is 1. The minimum atomic E-state index is -0.251. The number of rotatable bonds is 3. The zero-order valence-electron chi connectivity index (χ0n) is 8.53. The predicted octanol–water partition coefficient (Wildman–Crippen LogP) is 1.64. The molecule has 1 aromatic rings.